The van der Waals surface area contributed by atoms with Crippen molar-refractivity contribution in [2.24, 2.45) is 11.3 Å². The summed E-state index contributed by atoms with van der Waals surface area (Å²) in [5.74, 6) is -1.74. The molecule has 0 aliphatic carbocycles. The van der Waals surface area contributed by atoms with Gasteiger partial charge in [-0.25, -0.2) is 15.2 Å². The largest absolute Gasteiger partial charge is 0.464 e. The minimum absolute atomic E-state index is 0.0129. The summed E-state index contributed by atoms with van der Waals surface area (Å²) in [5.41, 5.74) is 8.94. The maximum Gasteiger partial charge on any atom is 0.324 e. The number of pyridine rings is 1. The number of methoxy groups -OCH3 is 1. The van der Waals surface area contributed by atoms with Crippen LogP contribution >= 0.6 is 11.3 Å². The first kappa shape index (κ1) is 45.9. The summed E-state index contributed by atoms with van der Waals surface area (Å²) in [5, 5.41) is 6.37. The van der Waals surface area contributed by atoms with Crippen molar-refractivity contribution in [1.29, 1.82) is 0 Å². The number of aromatic nitrogens is 3. The third-order valence-electron chi connectivity index (χ3n) is 13.4. The molecule has 4 aromatic rings. The van der Waals surface area contributed by atoms with Gasteiger partial charge in [-0.2, -0.15) is 0 Å². The van der Waals surface area contributed by atoms with Crippen molar-refractivity contribution >= 4 is 56.3 Å². The van der Waals surface area contributed by atoms with Crippen LogP contribution in [0.5, 0.6) is 0 Å². The lowest BCUT2D eigenvalue weighted by Gasteiger charge is -2.47. The number of rotatable bonds is 8. The quantitative estimate of drug-likeness (QED) is 0.167. The second-order valence-corrected chi connectivity index (χ2v) is 20.9. The molecule has 1 aromatic carbocycles. The van der Waals surface area contributed by atoms with Gasteiger partial charge < -0.3 is 33.9 Å². The number of likely N-dealkylation sites (tertiary alicyclic amines) is 1. The predicted molar refractivity (Wildman–Crippen MR) is 245 cm³/mol. The third-order valence-corrected chi connectivity index (χ3v) is 14.8. The highest BCUT2D eigenvalue weighted by Crippen LogP contribution is 2.42. The molecule has 6 bridgehead atoms. The van der Waals surface area contributed by atoms with Crippen LogP contribution < -0.4 is 10.7 Å². The van der Waals surface area contributed by atoms with Crippen molar-refractivity contribution in [3.05, 3.63) is 58.2 Å². The molecule has 3 aromatic heterocycles. The number of carbonyl (C=O) groups excluding carboxylic acids is 4. The first-order valence-corrected chi connectivity index (χ1v) is 23.9. The Kier molecular flexibility index (Phi) is 12.9. The Hall–Kier alpha value is -4.68. The zero-order chi connectivity index (χ0) is 45.7. The maximum absolute atomic E-state index is 14.9. The van der Waals surface area contributed by atoms with E-state index in [1.54, 1.807) is 20.4 Å². The molecule has 8 rings (SSSR count). The minimum Gasteiger partial charge on any atom is -0.464 e. The summed E-state index contributed by atoms with van der Waals surface area (Å²) in [6.07, 6.45) is 4.82. The summed E-state index contributed by atoms with van der Waals surface area (Å²) in [6.45, 7) is 14.8. The van der Waals surface area contributed by atoms with Crippen LogP contribution in [-0.2, 0) is 48.0 Å². The Bertz CT molecular complexity index is 2430. The van der Waals surface area contributed by atoms with Crippen LogP contribution in [-0.4, -0.2) is 133 Å². The highest BCUT2D eigenvalue weighted by molar-refractivity contribution is 7.10. The second kappa shape index (κ2) is 17.9. The number of urea groups is 1. The van der Waals surface area contributed by atoms with Crippen molar-refractivity contribution in [2.45, 2.75) is 116 Å². The molecule has 3 fully saturated rings. The molecule has 3 radical (unpaired) electrons. The molecule has 7 heterocycles. The molecule has 2 N–H and O–H groups in total. The molecular weight excluding hydrogens is 849 g/mol. The number of nitrogens with zero attached hydrogens (tertiary/aromatic N) is 6. The smallest absolute Gasteiger partial charge is 0.324 e. The van der Waals surface area contributed by atoms with Crippen LogP contribution in [0.1, 0.15) is 89.6 Å². The van der Waals surface area contributed by atoms with Gasteiger partial charge in [-0.1, -0.05) is 33.8 Å². The first-order chi connectivity index (χ1) is 30.5. The van der Waals surface area contributed by atoms with Crippen LogP contribution in [0.25, 0.3) is 33.4 Å². The highest BCUT2D eigenvalue weighted by atomic mass is 32.1. The number of fused-ring (bicyclic) bond motifs is 6. The van der Waals surface area contributed by atoms with Gasteiger partial charge in [0.2, 0.25) is 5.91 Å². The van der Waals surface area contributed by atoms with Crippen LogP contribution in [0.3, 0.4) is 0 Å². The van der Waals surface area contributed by atoms with E-state index < -0.39 is 40.4 Å². The normalized spacial score (nSPS) is 23.1. The first-order valence-electron chi connectivity index (χ1n) is 22.5. The van der Waals surface area contributed by atoms with Gasteiger partial charge >= 0.3 is 12.0 Å². The summed E-state index contributed by atoms with van der Waals surface area (Å²) < 4.78 is 19.8. The Morgan fingerprint density at radius 2 is 1.89 bits per heavy atom. The molecule has 4 aliphatic heterocycles. The number of carbonyl (C=O) groups is 4. The number of benzene rings is 1. The molecule has 64 heavy (non-hydrogen) atoms. The van der Waals surface area contributed by atoms with Crippen LogP contribution in [0.4, 0.5) is 4.79 Å². The van der Waals surface area contributed by atoms with E-state index in [-0.39, 0.29) is 36.6 Å². The molecule has 4 aliphatic rings. The molecule has 341 valence electrons. The fourth-order valence-corrected chi connectivity index (χ4v) is 11.4. The summed E-state index contributed by atoms with van der Waals surface area (Å²) >= 11 is 1.40. The second-order valence-electron chi connectivity index (χ2n) is 19.1. The van der Waals surface area contributed by atoms with Gasteiger partial charge in [-0.15, -0.1) is 11.3 Å². The van der Waals surface area contributed by atoms with Gasteiger partial charge in [-0.3, -0.25) is 24.4 Å². The van der Waals surface area contributed by atoms with Crippen LogP contribution in [0, 0.1) is 11.3 Å². The number of aryl methyl sites for hydroxylation is 1. The van der Waals surface area contributed by atoms with Gasteiger partial charge in [0.1, 0.15) is 17.2 Å². The fraction of sp³-hybridized carbons (Fsp3) is 0.574. The van der Waals surface area contributed by atoms with Crippen molar-refractivity contribution in [1.82, 2.24) is 40.1 Å². The number of cyclic esters (lactones) is 1. The van der Waals surface area contributed by atoms with E-state index in [0.29, 0.717) is 57.1 Å². The average Bonchev–Trinajstić information content (AvgIpc) is 4.00. The number of thiazole rings is 1. The lowest BCUT2D eigenvalue weighted by atomic mass is 9.84. The number of hydrazine groups is 1. The third kappa shape index (κ3) is 8.49. The number of hydrogen-bond donors (Lipinski definition) is 2. The SMILES string of the molecule is CCn1c(-c2cccnc2[C@H](C)OC)c2c3cc(ccc31)-c1csc(n1)C[C@@]([Si])(NC(=O)[C@H](C(C)C)N(C)C(=O)N1CCCC13COC3)C(=O)N1CCC[C@H](N1)C(=O)OCC(C)(C)C2. The summed E-state index contributed by atoms with van der Waals surface area (Å²) in [4.78, 5) is 70.8. The lowest BCUT2D eigenvalue weighted by Crippen LogP contribution is -2.69. The highest BCUT2D eigenvalue weighted by Gasteiger charge is 2.52. The predicted octanol–water partition coefficient (Wildman–Crippen LogP) is 5.64. The van der Waals surface area contributed by atoms with E-state index in [1.165, 1.54) is 21.2 Å². The van der Waals surface area contributed by atoms with Crippen molar-refractivity contribution in [3.63, 3.8) is 0 Å². The number of ether oxygens (including phenoxy) is 3. The molecule has 15 nitrogen and oxygen atoms in total. The number of hydrogen-bond acceptors (Lipinski definition) is 11. The standard InChI is InChI=1S/C47H61N8O7SSi/c1-9-53-36-16-15-30-21-32(36)33(40(53)31-13-10-18-48-38(31)29(4)60-8)22-45(5,6)25-62-42(57)34-14-11-20-55(51-34)43(58)47(64,23-37-49-35(30)24-63-37)50-41(56)39(28(2)3)52(7)44(59)54-19-12-17-46(54)26-61-27-46/h10,13,15-16,18,21,24,28-29,34,39,51H,9,11-12,14,17,19-20,22-23,25-27H2,1-8H3,(H,50,56)/t29-,34-,39-,47-/m0/s1. The molecule has 1 spiro atoms. The molecule has 4 atom stereocenters. The van der Waals surface area contributed by atoms with Gasteiger partial charge in [-0.05, 0) is 81.7 Å². The molecule has 4 amide bonds. The van der Waals surface area contributed by atoms with Crippen molar-refractivity contribution < 1.29 is 33.4 Å². The van der Waals surface area contributed by atoms with Gasteiger partial charge in [0, 0.05) is 79.2 Å². The monoisotopic (exact) mass is 909 g/mol. The minimum atomic E-state index is -1.71. The topological polar surface area (TPSA) is 160 Å². The number of likely N-dealkylation sites (N-methyl/N-ethyl adjacent to an activating group) is 1. The van der Waals surface area contributed by atoms with E-state index in [9.17, 15) is 19.2 Å². The molecule has 3 saturated heterocycles. The van der Waals surface area contributed by atoms with Gasteiger partial charge in [0.05, 0.1) is 63.8 Å². The number of esters is 1. The molecular formula is C47H61N8O7SSi. The van der Waals surface area contributed by atoms with E-state index in [4.69, 9.17) is 24.2 Å². The number of nitrogens with one attached hydrogen (secondary N) is 2. The number of amides is 4. The van der Waals surface area contributed by atoms with Crippen LogP contribution in [0.15, 0.2) is 41.9 Å². The Balaban J connectivity index is 1.20. The van der Waals surface area contributed by atoms with Crippen molar-refractivity contribution in [2.75, 3.05) is 47.1 Å². The lowest BCUT2D eigenvalue weighted by molar-refractivity contribution is -0.156. The Morgan fingerprint density at radius 1 is 1.11 bits per heavy atom. The molecule has 0 saturated carbocycles. The van der Waals surface area contributed by atoms with E-state index in [1.807, 2.05) is 37.1 Å². The van der Waals surface area contributed by atoms with Crippen molar-refractivity contribution in [3.8, 4) is 22.5 Å². The average molecular weight is 910 g/mol. The Labute approximate surface area is 383 Å². The van der Waals surface area contributed by atoms with E-state index in [0.717, 1.165) is 57.5 Å². The fourth-order valence-electron chi connectivity index (χ4n) is 10.00. The van der Waals surface area contributed by atoms with Gasteiger partial charge in [0.15, 0.2) is 0 Å². The summed E-state index contributed by atoms with van der Waals surface area (Å²) in [6, 6.07) is 8.48. The Morgan fingerprint density at radius 3 is 2.59 bits per heavy atom. The zero-order valence-corrected chi connectivity index (χ0v) is 40.1. The van der Waals surface area contributed by atoms with Crippen LogP contribution in [0.2, 0.25) is 0 Å². The molecule has 17 heteroatoms. The zero-order valence-electron chi connectivity index (χ0n) is 38.3. The van der Waals surface area contributed by atoms with E-state index >= 15 is 0 Å². The summed E-state index contributed by atoms with van der Waals surface area (Å²) in [7, 11) is 7.17. The van der Waals surface area contributed by atoms with E-state index in [2.05, 4.69) is 70.6 Å². The maximum atomic E-state index is 14.9. The van der Waals surface area contributed by atoms with Gasteiger partial charge in [0.25, 0.3) is 5.91 Å². The molecule has 0 unspecified atom stereocenters.